The van der Waals surface area contributed by atoms with Crippen molar-refractivity contribution >= 4 is 27.3 Å². The number of thiazole rings is 1. The quantitative estimate of drug-likeness (QED) is 0.806. The van der Waals surface area contributed by atoms with E-state index in [0.717, 1.165) is 4.88 Å². The van der Waals surface area contributed by atoms with Crippen LogP contribution in [0, 0.1) is 0 Å². The molecule has 2 aromatic rings. The average molecular weight is 379 g/mol. The third-order valence-corrected chi connectivity index (χ3v) is 4.53. The molecular formula is C14H14BrF3N2S. The fraction of sp³-hybridized carbons (Fsp3) is 0.357. The van der Waals surface area contributed by atoms with Crippen LogP contribution in [0.5, 0.6) is 0 Å². The minimum absolute atomic E-state index is 0.0618. The first-order valence-corrected chi connectivity index (χ1v) is 8.06. The second-order valence-corrected chi connectivity index (χ2v) is 6.34. The number of aromatic nitrogens is 1. The molecule has 0 aliphatic carbocycles. The van der Waals surface area contributed by atoms with Crippen molar-refractivity contribution in [3.05, 3.63) is 50.4 Å². The van der Waals surface area contributed by atoms with Crippen LogP contribution in [-0.2, 0) is 12.6 Å². The normalized spacial score (nSPS) is 13.4. The van der Waals surface area contributed by atoms with Crippen molar-refractivity contribution in [2.24, 2.45) is 0 Å². The van der Waals surface area contributed by atoms with Crippen LogP contribution in [0.1, 0.15) is 29.0 Å². The summed E-state index contributed by atoms with van der Waals surface area (Å²) in [6.45, 7) is 2.62. The van der Waals surface area contributed by atoms with Crippen LogP contribution in [0.3, 0.4) is 0 Å². The average Bonchev–Trinajstić information content (AvgIpc) is 2.90. The van der Waals surface area contributed by atoms with E-state index in [4.69, 9.17) is 0 Å². The van der Waals surface area contributed by atoms with E-state index in [9.17, 15) is 13.2 Å². The van der Waals surface area contributed by atoms with Gasteiger partial charge in [-0.05, 0) is 24.2 Å². The van der Waals surface area contributed by atoms with Crippen LogP contribution in [0.25, 0.3) is 0 Å². The van der Waals surface area contributed by atoms with Gasteiger partial charge in [0.25, 0.3) is 0 Å². The van der Waals surface area contributed by atoms with Crippen molar-refractivity contribution in [2.45, 2.75) is 25.6 Å². The molecule has 0 saturated carbocycles. The monoisotopic (exact) mass is 378 g/mol. The zero-order chi connectivity index (χ0) is 15.5. The molecule has 0 fully saturated rings. The van der Waals surface area contributed by atoms with Crippen molar-refractivity contribution < 1.29 is 13.2 Å². The zero-order valence-corrected chi connectivity index (χ0v) is 13.6. The van der Waals surface area contributed by atoms with E-state index in [1.807, 2.05) is 6.92 Å². The number of nitrogens with zero attached hydrogens (tertiary/aromatic N) is 1. The molecule has 0 aliphatic heterocycles. The van der Waals surface area contributed by atoms with Crippen LogP contribution >= 0.6 is 27.3 Å². The highest BCUT2D eigenvalue weighted by Gasteiger charge is 2.33. The Kier molecular flexibility index (Phi) is 5.40. The molecule has 0 amide bonds. The Morgan fingerprint density at radius 3 is 2.71 bits per heavy atom. The van der Waals surface area contributed by atoms with Gasteiger partial charge in [0.05, 0.1) is 11.1 Å². The third-order valence-electron chi connectivity index (χ3n) is 3.04. The fourth-order valence-corrected chi connectivity index (χ4v) is 3.19. The first kappa shape index (κ1) is 16.5. The first-order valence-electron chi connectivity index (χ1n) is 6.39. The zero-order valence-electron chi connectivity index (χ0n) is 11.2. The molecule has 0 aliphatic rings. The maximum atomic E-state index is 13.0. The molecular weight excluding hydrogens is 365 g/mol. The van der Waals surface area contributed by atoms with Gasteiger partial charge in [-0.2, -0.15) is 13.2 Å². The van der Waals surface area contributed by atoms with Crippen LogP contribution in [0.2, 0.25) is 0 Å². The van der Waals surface area contributed by atoms with Gasteiger partial charge in [0.2, 0.25) is 0 Å². The van der Waals surface area contributed by atoms with Gasteiger partial charge in [-0.1, -0.05) is 28.9 Å². The summed E-state index contributed by atoms with van der Waals surface area (Å²) in [6.07, 6.45) is -1.99. The lowest BCUT2D eigenvalue weighted by Crippen LogP contribution is -2.23. The van der Waals surface area contributed by atoms with E-state index in [1.165, 1.54) is 23.5 Å². The highest BCUT2D eigenvalue weighted by Crippen LogP contribution is 2.36. The molecule has 0 spiro atoms. The fourth-order valence-electron chi connectivity index (χ4n) is 2.08. The predicted molar refractivity (Wildman–Crippen MR) is 81.4 cm³/mol. The van der Waals surface area contributed by atoms with E-state index in [2.05, 4.69) is 26.2 Å². The lowest BCUT2D eigenvalue weighted by Gasteiger charge is -2.19. The Morgan fingerprint density at radius 2 is 2.14 bits per heavy atom. The van der Waals surface area contributed by atoms with Gasteiger partial charge in [0.15, 0.2) is 0 Å². The summed E-state index contributed by atoms with van der Waals surface area (Å²) in [5, 5.41) is 3.23. The molecule has 7 heteroatoms. The SMILES string of the molecule is CCNC(Cc1cncs1)c1ccc(Br)c(C(F)(F)F)c1. The molecule has 1 unspecified atom stereocenters. The van der Waals surface area contributed by atoms with E-state index in [0.29, 0.717) is 18.5 Å². The van der Waals surface area contributed by atoms with Crippen LogP contribution in [-0.4, -0.2) is 11.5 Å². The predicted octanol–water partition coefficient (Wildman–Crippen LogP) is 4.82. The smallest absolute Gasteiger partial charge is 0.310 e. The minimum atomic E-state index is -4.36. The van der Waals surface area contributed by atoms with Gasteiger partial charge < -0.3 is 5.32 Å². The standard InChI is InChI=1S/C14H14BrF3N2S/c1-2-20-13(6-10-7-19-8-21-10)9-3-4-12(15)11(5-9)14(16,17)18/h3-5,7-8,13,20H,2,6H2,1H3. The largest absolute Gasteiger partial charge is 0.417 e. The summed E-state index contributed by atoms with van der Waals surface area (Å²) in [7, 11) is 0. The first-order chi connectivity index (χ1) is 9.91. The van der Waals surface area contributed by atoms with Crippen LogP contribution < -0.4 is 5.32 Å². The molecule has 114 valence electrons. The third kappa shape index (κ3) is 4.28. The minimum Gasteiger partial charge on any atom is -0.310 e. The Labute approximate surface area is 133 Å². The van der Waals surface area contributed by atoms with E-state index < -0.39 is 11.7 Å². The maximum Gasteiger partial charge on any atom is 0.417 e. The number of hydrogen-bond acceptors (Lipinski definition) is 3. The Hall–Kier alpha value is -0.920. The molecule has 1 aromatic heterocycles. The second-order valence-electron chi connectivity index (χ2n) is 4.52. The molecule has 0 saturated heterocycles. The molecule has 1 aromatic carbocycles. The highest BCUT2D eigenvalue weighted by molar-refractivity contribution is 9.10. The maximum absolute atomic E-state index is 13.0. The van der Waals surface area contributed by atoms with Crippen molar-refractivity contribution in [3.8, 4) is 0 Å². The number of likely N-dealkylation sites (N-methyl/N-ethyl adjacent to an activating group) is 1. The molecule has 0 bridgehead atoms. The Morgan fingerprint density at radius 1 is 1.38 bits per heavy atom. The highest BCUT2D eigenvalue weighted by atomic mass is 79.9. The van der Waals surface area contributed by atoms with Gasteiger partial charge in [-0.25, -0.2) is 0 Å². The summed E-state index contributed by atoms with van der Waals surface area (Å²) in [6, 6.07) is 4.21. The van der Waals surface area contributed by atoms with Gasteiger partial charge in [-0.3, -0.25) is 4.98 Å². The van der Waals surface area contributed by atoms with E-state index in [-0.39, 0.29) is 10.5 Å². The summed E-state index contributed by atoms with van der Waals surface area (Å²) in [5.41, 5.74) is 1.70. The summed E-state index contributed by atoms with van der Waals surface area (Å²) in [4.78, 5) is 5.04. The molecule has 1 heterocycles. The number of hydrogen-bond donors (Lipinski definition) is 1. The van der Waals surface area contributed by atoms with Crippen molar-refractivity contribution in [1.29, 1.82) is 0 Å². The Bertz CT molecular complexity index is 584. The van der Waals surface area contributed by atoms with Crippen molar-refractivity contribution in [3.63, 3.8) is 0 Å². The van der Waals surface area contributed by atoms with E-state index in [1.54, 1.807) is 17.8 Å². The van der Waals surface area contributed by atoms with Gasteiger partial charge in [0, 0.05) is 28.0 Å². The Balaban J connectivity index is 2.32. The van der Waals surface area contributed by atoms with Crippen molar-refractivity contribution in [2.75, 3.05) is 6.54 Å². The molecule has 1 atom stereocenters. The number of benzene rings is 1. The second kappa shape index (κ2) is 6.89. The van der Waals surface area contributed by atoms with Gasteiger partial charge in [-0.15, -0.1) is 11.3 Å². The topological polar surface area (TPSA) is 24.9 Å². The summed E-state index contributed by atoms with van der Waals surface area (Å²) < 4.78 is 39.1. The van der Waals surface area contributed by atoms with E-state index >= 15 is 0 Å². The molecule has 1 N–H and O–H groups in total. The summed E-state index contributed by atoms with van der Waals surface area (Å²) >= 11 is 4.47. The lowest BCUT2D eigenvalue weighted by molar-refractivity contribution is -0.138. The van der Waals surface area contributed by atoms with Crippen LogP contribution in [0.4, 0.5) is 13.2 Å². The molecule has 0 radical (unpaired) electrons. The number of alkyl halides is 3. The molecule has 2 rings (SSSR count). The van der Waals surface area contributed by atoms with Crippen LogP contribution in [0.15, 0.2) is 34.4 Å². The number of rotatable bonds is 5. The number of nitrogens with one attached hydrogen (secondary N) is 1. The number of halogens is 4. The van der Waals surface area contributed by atoms with Crippen molar-refractivity contribution in [1.82, 2.24) is 10.3 Å². The lowest BCUT2D eigenvalue weighted by atomic mass is 10.0. The van der Waals surface area contributed by atoms with Gasteiger partial charge >= 0.3 is 6.18 Å². The molecule has 21 heavy (non-hydrogen) atoms. The van der Waals surface area contributed by atoms with Gasteiger partial charge in [0.1, 0.15) is 0 Å². The molecule has 2 nitrogen and oxygen atoms in total. The summed E-state index contributed by atoms with van der Waals surface area (Å²) in [5.74, 6) is 0.